The van der Waals surface area contributed by atoms with Crippen LogP contribution in [-0.2, 0) is 16.1 Å². The fourth-order valence-corrected chi connectivity index (χ4v) is 2.85. The molecule has 0 spiro atoms. The molecule has 0 aromatic carbocycles. The molecule has 0 radical (unpaired) electrons. The van der Waals surface area contributed by atoms with Crippen LogP contribution in [0.2, 0.25) is 0 Å². The summed E-state index contributed by atoms with van der Waals surface area (Å²) in [6, 6.07) is 4.06. The Kier molecular flexibility index (Phi) is 4.28. The van der Waals surface area contributed by atoms with Crippen molar-refractivity contribution in [3.8, 4) is 0 Å². The Morgan fingerprint density at radius 2 is 2.20 bits per heavy atom. The van der Waals surface area contributed by atoms with Crippen LogP contribution >= 0.6 is 0 Å². The zero-order valence-electron chi connectivity index (χ0n) is 11.7. The second-order valence-corrected chi connectivity index (χ2v) is 5.46. The van der Waals surface area contributed by atoms with E-state index in [4.69, 9.17) is 4.74 Å². The SMILES string of the molecule is O=C(C1CCCO1)N1CCN(Cc2cccnc2)CC1. The number of rotatable bonds is 3. The van der Waals surface area contributed by atoms with Gasteiger partial charge in [0.2, 0.25) is 0 Å². The Hall–Kier alpha value is -1.46. The van der Waals surface area contributed by atoms with Crippen LogP contribution in [0.4, 0.5) is 0 Å². The monoisotopic (exact) mass is 275 g/mol. The largest absolute Gasteiger partial charge is 0.368 e. The molecule has 0 N–H and O–H groups in total. The maximum atomic E-state index is 12.2. The summed E-state index contributed by atoms with van der Waals surface area (Å²) in [5.41, 5.74) is 1.23. The molecule has 0 aliphatic carbocycles. The molecule has 1 aromatic rings. The molecule has 2 fully saturated rings. The highest BCUT2D eigenvalue weighted by atomic mass is 16.5. The predicted octanol–water partition coefficient (Wildman–Crippen LogP) is 0.905. The highest BCUT2D eigenvalue weighted by Gasteiger charge is 2.30. The zero-order valence-corrected chi connectivity index (χ0v) is 11.7. The molecule has 0 saturated carbocycles. The Labute approximate surface area is 119 Å². The summed E-state index contributed by atoms with van der Waals surface area (Å²) in [5.74, 6) is 0.184. The summed E-state index contributed by atoms with van der Waals surface area (Å²) in [6.07, 6.45) is 5.41. The maximum Gasteiger partial charge on any atom is 0.251 e. The van der Waals surface area contributed by atoms with E-state index >= 15 is 0 Å². The number of hydrogen-bond acceptors (Lipinski definition) is 4. The lowest BCUT2D eigenvalue weighted by Crippen LogP contribution is -2.51. The van der Waals surface area contributed by atoms with Gasteiger partial charge in [-0.25, -0.2) is 0 Å². The molecule has 20 heavy (non-hydrogen) atoms. The molecule has 1 atom stereocenters. The van der Waals surface area contributed by atoms with Gasteiger partial charge in [0, 0.05) is 51.7 Å². The van der Waals surface area contributed by atoms with Crippen molar-refractivity contribution in [2.45, 2.75) is 25.5 Å². The third kappa shape index (κ3) is 3.16. The first-order chi connectivity index (χ1) is 9.83. The van der Waals surface area contributed by atoms with Gasteiger partial charge in [0.15, 0.2) is 0 Å². The molecule has 1 aromatic heterocycles. The molecule has 2 aliphatic rings. The van der Waals surface area contributed by atoms with Crippen LogP contribution in [0.1, 0.15) is 18.4 Å². The van der Waals surface area contributed by atoms with Gasteiger partial charge in [-0.05, 0) is 24.5 Å². The average molecular weight is 275 g/mol. The van der Waals surface area contributed by atoms with Crippen LogP contribution in [0.15, 0.2) is 24.5 Å². The summed E-state index contributed by atoms with van der Waals surface area (Å²) >= 11 is 0. The quantitative estimate of drug-likeness (QED) is 0.822. The second-order valence-electron chi connectivity index (χ2n) is 5.46. The topological polar surface area (TPSA) is 45.7 Å². The van der Waals surface area contributed by atoms with Crippen molar-refractivity contribution < 1.29 is 9.53 Å². The molecule has 108 valence electrons. The van der Waals surface area contributed by atoms with Gasteiger partial charge in [0.05, 0.1) is 0 Å². The molecule has 2 aliphatic heterocycles. The lowest BCUT2D eigenvalue weighted by molar-refractivity contribution is -0.142. The fraction of sp³-hybridized carbons (Fsp3) is 0.600. The van der Waals surface area contributed by atoms with Crippen LogP contribution in [0.5, 0.6) is 0 Å². The summed E-state index contributed by atoms with van der Waals surface area (Å²) < 4.78 is 5.48. The van der Waals surface area contributed by atoms with E-state index in [2.05, 4.69) is 16.0 Å². The number of aromatic nitrogens is 1. The molecule has 1 unspecified atom stereocenters. The van der Waals surface area contributed by atoms with Crippen molar-refractivity contribution in [2.75, 3.05) is 32.8 Å². The van der Waals surface area contributed by atoms with E-state index in [1.165, 1.54) is 5.56 Å². The molecule has 0 bridgehead atoms. The molecular weight excluding hydrogens is 254 g/mol. The summed E-state index contributed by atoms with van der Waals surface area (Å²) in [5, 5.41) is 0. The van der Waals surface area contributed by atoms with Gasteiger partial charge < -0.3 is 9.64 Å². The lowest BCUT2D eigenvalue weighted by atomic mass is 10.2. The smallest absolute Gasteiger partial charge is 0.251 e. The normalized spacial score (nSPS) is 24.0. The van der Waals surface area contributed by atoms with Crippen LogP contribution in [0.25, 0.3) is 0 Å². The van der Waals surface area contributed by atoms with Gasteiger partial charge in [-0.1, -0.05) is 6.07 Å². The van der Waals surface area contributed by atoms with Crippen LogP contribution in [-0.4, -0.2) is 59.6 Å². The molecule has 2 saturated heterocycles. The van der Waals surface area contributed by atoms with Gasteiger partial charge >= 0.3 is 0 Å². The van der Waals surface area contributed by atoms with Crippen molar-refractivity contribution in [1.82, 2.24) is 14.8 Å². The standard InChI is InChI=1S/C15H21N3O2/c19-15(14-4-2-10-20-14)18-8-6-17(7-9-18)12-13-3-1-5-16-11-13/h1,3,5,11,14H,2,4,6-10,12H2. The summed E-state index contributed by atoms with van der Waals surface area (Å²) in [7, 11) is 0. The van der Waals surface area contributed by atoms with E-state index in [0.717, 1.165) is 52.2 Å². The van der Waals surface area contributed by atoms with Gasteiger partial charge in [-0.2, -0.15) is 0 Å². The average Bonchev–Trinajstić information content (AvgIpc) is 3.03. The van der Waals surface area contributed by atoms with Gasteiger partial charge in [-0.15, -0.1) is 0 Å². The molecule has 3 rings (SSSR count). The lowest BCUT2D eigenvalue weighted by Gasteiger charge is -2.35. The van der Waals surface area contributed by atoms with Crippen molar-refractivity contribution >= 4 is 5.91 Å². The number of pyridine rings is 1. The van der Waals surface area contributed by atoms with E-state index in [1.807, 2.05) is 17.2 Å². The van der Waals surface area contributed by atoms with Crippen molar-refractivity contribution in [3.63, 3.8) is 0 Å². The molecule has 3 heterocycles. The Morgan fingerprint density at radius 3 is 2.85 bits per heavy atom. The molecule has 1 amide bonds. The molecular formula is C15H21N3O2. The van der Waals surface area contributed by atoms with Gasteiger partial charge in [-0.3, -0.25) is 14.7 Å². The number of carbonyl (C=O) groups excluding carboxylic acids is 1. The third-order valence-electron chi connectivity index (χ3n) is 4.02. The first kappa shape index (κ1) is 13.5. The van der Waals surface area contributed by atoms with E-state index in [1.54, 1.807) is 6.20 Å². The molecule has 5 heteroatoms. The van der Waals surface area contributed by atoms with E-state index < -0.39 is 0 Å². The van der Waals surface area contributed by atoms with Crippen LogP contribution in [0, 0.1) is 0 Å². The number of amides is 1. The number of nitrogens with zero attached hydrogens (tertiary/aromatic N) is 3. The minimum absolute atomic E-state index is 0.181. The minimum atomic E-state index is -0.181. The van der Waals surface area contributed by atoms with Gasteiger partial charge in [0.1, 0.15) is 6.10 Å². The Bertz CT molecular complexity index is 438. The first-order valence-electron chi connectivity index (χ1n) is 7.34. The Balaban J connectivity index is 1.48. The summed E-state index contributed by atoms with van der Waals surface area (Å²) in [4.78, 5) is 20.7. The van der Waals surface area contributed by atoms with Crippen LogP contribution in [0.3, 0.4) is 0 Å². The zero-order chi connectivity index (χ0) is 13.8. The third-order valence-corrected chi connectivity index (χ3v) is 4.02. The minimum Gasteiger partial charge on any atom is -0.368 e. The van der Waals surface area contributed by atoms with Gasteiger partial charge in [0.25, 0.3) is 5.91 Å². The second kappa shape index (κ2) is 6.33. The van der Waals surface area contributed by atoms with Crippen LogP contribution < -0.4 is 0 Å². The number of piperazine rings is 1. The first-order valence-corrected chi connectivity index (χ1v) is 7.34. The van der Waals surface area contributed by atoms with Crippen molar-refractivity contribution in [1.29, 1.82) is 0 Å². The van der Waals surface area contributed by atoms with Crippen molar-refractivity contribution in [2.24, 2.45) is 0 Å². The van der Waals surface area contributed by atoms with Crippen molar-refractivity contribution in [3.05, 3.63) is 30.1 Å². The maximum absolute atomic E-state index is 12.2. The Morgan fingerprint density at radius 1 is 1.35 bits per heavy atom. The fourth-order valence-electron chi connectivity index (χ4n) is 2.85. The molecule has 5 nitrogen and oxygen atoms in total. The number of ether oxygens (including phenoxy) is 1. The van der Waals surface area contributed by atoms with E-state index in [9.17, 15) is 4.79 Å². The highest BCUT2D eigenvalue weighted by Crippen LogP contribution is 2.16. The van der Waals surface area contributed by atoms with E-state index in [-0.39, 0.29) is 12.0 Å². The predicted molar refractivity (Wildman–Crippen MR) is 75.1 cm³/mol. The summed E-state index contributed by atoms with van der Waals surface area (Å²) in [6.45, 7) is 5.10. The van der Waals surface area contributed by atoms with E-state index in [0.29, 0.717) is 0 Å². The number of hydrogen-bond donors (Lipinski definition) is 0. The number of carbonyl (C=O) groups is 1. The highest BCUT2D eigenvalue weighted by molar-refractivity contribution is 5.81.